The molecule has 0 aromatic carbocycles. The molecule has 10 heteroatoms. The fourth-order valence-corrected chi connectivity index (χ4v) is 2.46. The van der Waals surface area contributed by atoms with E-state index in [1.54, 1.807) is 11.6 Å². The fraction of sp³-hybridized carbons (Fsp3) is 0.273. The molecule has 0 saturated heterocycles. The highest BCUT2D eigenvalue weighted by atomic mass is 35.5. The van der Waals surface area contributed by atoms with Gasteiger partial charge in [0, 0.05) is 6.92 Å². The molecule has 0 radical (unpaired) electrons. The van der Waals surface area contributed by atoms with Crippen LogP contribution in [0.1, 0.15) is 18.5 Å². The lowest BCUT2D eigenvalue weighted by atomic mass is 10.1. The maximum Gasteiger partial charge on any atom is 0.387 e. The Labute approximate surface area is 121 Å². The number of nitro groups is 1. The van der Waals surface area contributed by atoms with Gasteiger partial charge in [-0.3, -0.25) is 10.1 Å². The second kappa shape index (κ2) is 4.62. The number of rotatable bonds is 3. The number of hydrogen-bond acceptors (Lipinski definition) is 4. The number of aromatic nitrogens is 3. The molecular weight excluding hydrogens is 310 g/mol. The van der Waals surface area contributed by atoms with E-state index in [0.29, 0.717) is 11.4 Å². The summed E-state index contributed by atoms with van der Waals surface area (Å²) < 4.78 is 31.9. The van der Waals surface area contributed by atoms with Crippen molar-refractivity contribution in [3.8, 4) is 11.6 Å². The van der Waals surface area contributed by atoms with Crippen LogP contribution in [0.25, 0.3) is 5.82 Å². The largest absolute Gasteiger partial charge is 0.432 e. The summed E-state index contributed by atoms with van der Waals surface area (Å²) in [6.07, 6.45) is 2.63. The van der Waals surface area contributed by atoms with Crippen LogP contribution in [0.3, 0.4) is 0 Å². The average molecular weight is 318 g/mol. The molecule has 1 aliphatic heterocycles. The molecule has 21 heavy (non-hydrogen) atoms. The lowest BCUT2D eigenvalue weighted by molar-refractivity contribution is -0.771. The molecule has 0 fully saturated rings. The van der Waals surface area contributed by atoms with Gasteiger partial charge in [-0.15, -0.1) is 4.68 Å². The van der Waals surface area contributed by atoms with Gasteiger partial charge in [-0.25, -0.2) is 4.98 Å². The summed E-state index contributed by atoms with van der Waals surface area (Å²) in [5.74, 6) is 0.125. The molecule has 2 aromatic rings. The third-order valence-electron chi connectivity index (χ3n) is 3.21. The molecule has 1 aliphatic rings. The SMILES string of the molecule is CC1c2cc(OC(F)F)c(Cl)nc2-n2cc([N+](=O)[O-])c[n+]21. The Morgan fingerprint density at radius 2 is 2.33 bits per heavy atom. The van der Waals surface area contributed by atoms with E-state index in [4.69, 9.17) is 11.6 Å². The molecule has 0 bridgehead atoms. The van der Waals surface area contributed by atoms with Gasteiger partial charge >= 0.3 is 12.3 Å². The first-order valence-electron chi connectivity index (χ1n) is 5.82. The van der Waals surface area contributed by atoms with E-state index < -0.39 is 11.5 Å². The summed E-state index contributed by atoms with van der Waals surface area (Å²) in [5, 5.41) is 10.6. The number of fused-ring (bicyclic) bond motifs is 3. The summed E-state index contributed by atoms with van der Waals surface area (Å²) in [6, 6.07) is 1.05. The minimum absolute atomic E-state index is 0.0988. The molecule has 0 spiro atoms. The van der Waals surface area contributed by atoms with E-state index in [9.17, 15) is 18.9 Å². The van der Waals surface area contributed by atoms with Gasteiger partial charge in [-0.05, 0) is 6.07 Å². The predicted octanol–water partition coefficient (Wildman–Crippen LogP) is 2.25. The maximum absolute atomic E-state index is 12.3. The Kier molecular flexibility index (Phi) is 3.01. The topological polar surface area (TPSA) is 74.1 Å². The van der Waals surface area contributed by atoms with E-state index in [2.05, 4.69) is 9.72 Å². The molecule has 7 nitrogen and oxygen atoms in total. The molecule has 3 rings (SSSR count). The minimum Gasteiger partial charge on any atom is -0.432 e. The van der Waals surface area contributed by atoms with Crippen molar-refractivity contribution in [3.63, 3.8) is 0 Å². The van der Waals surface area contributed by atoms with Crippen LogP contribution in [-0.2, 0) is 0 Å². The number of nitrogens with zero attached hydrogens (tertiary/aromatic N) is 4. The quantitative estimate of drug-likeness (QED) is 0.376. The first kappa shape index (κ1) is 13.7. The Morgan fingerprint density at radius 3 is 2.95 bits per heavy atom. The van der Waals surface area contributed by atoms with E-state index in [-0.39, 0.29) is 22.6 Å². The van der Waals surface area contributed by atoms with Crippen LogP contribution in [0.5, 0.6) is 5.75 Å². The Morgan fingerprint density at radius 1 is 1.62 bits per heavy atom. The molecule has 2 aromatic heterocycles. The van der Waals surface area contributed by atoms with Crippen molar-refractivity contribution in [2.24, 2.45) is 0 Å². The van der Waals surface area contributed by atoms with E-state index in [1.165, 1.54) is 23.1 Å². The average Bonchev–Trinajstić information content (AvgIpc) is 2.92. The third-order valence-corrected chi connectivity index (χ3v) is 3.48. The standard InChI is InChI=1S/C11H8ClF2N4O3/c1-5-7-2-8(21-11(13)14)9(12)15-10(7)17-4-6(18(19)20)3-16(5)17/h2-5,11H,1H3/q+1. The Bertz CT molecular complexity index is 749. The molecular formula is C11H8ClF2N4O3+. The highest BCUT2D eigenvalue weighted by molar-refractivity contribution is 6.30. The minimum atomic E-state index is -3.01. The van der Waals surface area contributed by atoms with E-state index >= 15 is 0 Å². The number of ether oxygens (including phenoxy) is 1. The van der Waals surface area contributed by atoms with E-state index in [1.807, 2.05) is 0 Å². The summed E-state index contributed by atoms with van der Waals surface area (Å²) in [6.45, 7) is -1.25. The maximum atomic E-state index is 12.3. The van der Waals surface area contributed by atoms with Gasteiger partial charge in [-0.1, -0.05) is 16.3 Å². The first-order valence-corrected chi connectivity index (χ1v) is 6.20. The van der Waals surface area contributed by atoms with Gasteiger partial charge in [0.05, 0.1) is 10.5 Å². The van der Waals surface area contributed by atoms with Gasteiger partial charge < -0.3 is 4.74 Å². The van der Waals surface area contributed by atoms with Crippen molar-refractivity contribution >= 4 is 17.3 Å². The van der Waals surface area contributed by atoms with Gasteiger partial charge in [0.15, 0.2) is 17.1 Å². The monoisotopic (exact) mass is 317 g/mol. The summed E-state index contributed by atoms with van der Waals surface area (Å²) >= 11 is 5.81. The zero-order valence-corrected chi connectivity index (χ0v) is 11.3. The zero-order valence-electron chi connectivity index (χ0n) is 10.5. The van der Waals surface area contributed by atoms with Crippen molar-refractivity contribution in [2.75, 3.05) is 0 Å². The van der Waals surface area contributed by atoms with Gasteiger partial charge in [0.1, 0.15) is 0 Å². The number of hydrogen-bond donors (Lipinski definition) is 0. The van der Waals surface area contributed by atoms with Crippen LogP contribution in [0.4, 0.5) is 14.5 Å². The number of halogens is 3. The van der Waals surface area contributed by atoms with Crippen LogP contribution in [-0.4, -0.2) is 21.2 Å². The number of pyridine rings is 1. The lowest BCUT2D eigenvalue weighted by Gasteiger charge is -2.07. The first-order chi connectivity index (χ1) is 9.88. The molecule has 0 aliphatic carbocycles. The van der Waals surface area contributed by atoms with Crippen LogP contribution in [0, 0.1) is 10.1 Å². The van der Waals surface area contributed by atoms with Crippen molar-refractivity contribution in [1.29, 1.82) is 0 Å². The van der Waals surface area contributed by atoms with Gasteiger partial charge in [0.25, 0.3) is 6.20 Å². The van der Waals surface area contributed by atoms with Crippen LogP contribution < -0.4 is 9.42 Å². The smallest absolute Gasteiger partial charge is 0.387 e. The van der Waals surface area contributed by atoms with Crippen LogP contribution >= 0.6 is 11.6 Å². The second-order valence-electron chi connectivity index (χ2n) is 4.41. The highest BCUT2D eigenvalue weighted by Gasteiger charge is 2.39. The molecule has 0 saturated carbocycles. The normalized spacial score (nSPS) is 16.0. The van der Waals surface area contributed by atoms with Crippen molar-refractivity contribution < 1.29 is 23.1 Å². The second-order valence-corrected chi connectivity index (χ2v) is 4.77. The molecule has 1 atom stereocenters. The van der Waals surface area contributed by atoms with E-state index in [0.717, 1.165) is 0 Å². The Balaban J connectivity index is 2.11. The molecule has 0 N–H and O–H groups in total. The highest BCUT2D eigenvalue weighted by Crippen LogP contribution is 2.34. The van der Waals surface area contributed by atoms with Crippen LogP contribution in [0.2, 0.25) is 5.15 Å². The van der Waals surface area contributed by atoms with Crippen LogP contribution in [0.15, 0.2) is 18.5 Å². The molecule has 3 heterocycles. The summed E-state index contributed by atoms with van der Waals surface area (Å²) in [5.41, 5.74) is 0.489. The van der Waals surface area contributed by atoms with Crippen molar-refractivity contribution in [3.05, 3.63) is 39.3 Å². The van der Waals surface area contributed by atoms with Gasteiger partial charge in [0.2, 0.25) is 11.9 Å². The molecule has 110 valence electrons. The third kappa shape index (κ3) is 2.09. The summed E-state index contributed by atoms with van der Waals surface area (Å²) in [4.78, 5) is 14.3. The molecule has 0 amide bonds. The summed E-state index contributed by atoms with van der Waals surface area (Å²) in [7, 11) is 0. The van der Waals surface area contributed by atoms with Crippen molar-refractivity contribution in [1.82, 2.24) is 9.67 Å². The lowest BCUT2D eigenvalue weighted by Crippen LogP contribution is -2.39. The zero-order chi connectivity index (χ0) is 15.3. The number of alkyl halides is 2. The molecule has 1 unspecified atom stereocenters. The fourth-order valence-electron chi connectivity index (χ4n) is 2.28. The predicted molar refractivity (Wildman–Crippen MR) is 65.9 cm³/mol. The Hall–Kier alpha value is -2.29. The van der Waals surface area contributed by atoms with Gasteiger partial charge in [-0.2, -0.15) is 8.78 Å². The van der Waals surface area contributed by atoms with Crippen molar-refractivity contribution in [2.45, 2.75) is 19.6 Å².